The zero-order chi connectivity index (χ0) is 12.4. The summed E-state index contributed by atoms with van der Waals surface area (Å²) in [7, 11) is 1.70. The van der Waals surface area contributed by atoms with Gasteiger partial charge in [0, 0.05) is 19.6 Å². The number of hydrogen-bond donors (Lipinski definition) is 1. The van der Waals surface area contributed by atoms with E-state index < -0.39 is 0 Å². The van der Waals surface area contributed by atoms with E-state index >= 15 is 0 Å². The summed E-state index contributed by atoms with van der Waals surface area (Å²) >= 11 is 0. The summed E-state index contributed by atoms with van der Waals surface area (Å²) < 4.78 is 10.3. The van der Waals surface area contributed by atoms with Crippen LogP contribution in [-0.2, 0) is 11.3 Å². The second-order valence-electron chi connectivity index (χ2n) is 5.50. The number of hydrogen-bond acceptors (Lipinski definition) is 5. The molecule has 2 fully saturated rings. The largest absolute Gasteiger partial charge is 0.383 e. The van der Waals surface area contributed by atoms with Gasteiger partial charge in [-0.15, -0.1) is 0 Å². The predicted molar refractivity (Wildman–Crippen MR) is 66.1 cm³/mol. The van der Waals surface area contributed by atoms with Gasteiger partial charge in [0.25, 0.3) is 0 Å². The average molecular weight is 251 g/mol. The Morgan fingerprint density at radius 3 is 3.06 bits per heavy atom. The van der Waals surface area contributed by atoms with Crippen LogP contribution in [0.3, 0.4) is 0 Å². The molecule has 1 aromatic rings. The van der Waals surface area contributed by atoms with Crippen LogP contribution in [0.5, 0.6) is 0 Å². The minimum atomic E-state index is 0.556. The van der Waals surface area contributed by atoms with Crippen LogP contribution < -0.4 is 5.32 Å². The van der Waals surface area contributed by atoms with Crippen LogP contribution in [0.25, 0.3) is 0 Å². The number of ether oxygens (including phenoxy) is 1. The summed E-state index contributed by atoms with van der Waals surface area (Å²) in [6, 6.07) is 0. The monoisotopic (exact) mass is 251 g/mol. The van der Waals surface area contributed by atoms with Gasteiger partial charge in [0.05, 0.1) is 13.2 Å². The van der Waals surface area contributed by atoms with E-state index in [4.69, 9.17) is 9.26 Å². The quantitative estimate of drug-likeness (QED) is 0.780. The maximum atomic E-state index is 5.30. The van der Waals surface area contributed by atoms with Gasteiger partial charge < -0.3 is 14.6 Å². The highest BCUT2D eigenvalue weighted by Gasteiger charge is 2.42. The fourth-order valence-corrected chi connectivity index (χ4v) is 3.42. The van der Waals surface area contributed by atoms with Crippen LogP contribution in [0.4, 0.5) is 0 Å². The van der Waals surface area contributed by atoms with E-state index in [0.29, 0.717) is 25.0 Å². The maximum absolute atomic E-state index is 5.30. The topological polar surface area (TPSA) is 60.2 Å². The lowest BCUT2D eigenvalue weighted by Gasteiger charge is -2.17. The number of aromatic nitrogens is 2. The van der Waals surface area contributed by atoms with Crippen LogP contribution in [0, 0.1) is 11.8 Å². The van der Waals surface area contributed by atoms with E-state index in [9.17, 15) is 0 Å². The first-order valence-electron chi connectivity index (χ1n) is 6.89. The molecule has 0 aliphatic heterocycles. The number of fused-ring (bicyclic) bond motifs is 2. The minimum absolute atomic E-state index is 0.556. The molecule has 5 nitrogen and oxygen atoms in total. The first-order valence-corrected chi connectivity index (χ1v) is 6.89. The Hall–Kier alpha value is -0.940. The maximum Gasteiger partial charge on any atom is 0.240 e. The van der Waals surface area contributed by atoms with Crippen molar-refractivity contribution in [2.24, 2.45) is 11.8 Å². The van der Waals surface area contributed by atoms with Gasteiger partial charge in [-0.1, -0.05) is 11.6 Å². The molecule has 2 bridgehead atoms. The molecule has 2 saturated carbocycles. The fraction of sp³-hybridized carbons (Fsp3) is 0.846. The number of nitrogens with one attached hydrogen (secondary N) is 1. The van der Waals surface area contributed by atoms with Crippen LogP contribution in [0.2, 0.25) is 0 Å². The van der Waals surface area contributed by atoms with Gasteiger partial charge in [0.1, 0.15) is 0 Å². The highest BCUT2D eigenvalue weighted by Crippen LogP contribution is 2.52. The number of nitrogens with zero attached hydrogens (tertiary/aromatic N) is 2. The first kappa shape index (κ1) is 12.1. The van der Waals surface area contributed by atoms with Gasteiger partial charge >= 0.3 is 0 Å². The van der Waals surface area contributed by atoms with Crippen LogP contribution >= 0.6 is 0 Å². The van der Waals surface area contributed by atoms with Gasteiger partial charge in [0.15, 0.2) is 5.82 Å². The third-order valence-electron chi connectivity index (χ3n) is 4.31. The molecule has 0 radical (unpaired) electrons. The molecule has 18 heavy (non-hydrogen) atoms. The standard InChI is InChI=1S/C13H21N3O2/c1-17-5-4-14-8-12-15-13(16-18-12)11-7-9-2-3-10(11)6-9/h9-11,14H,2-8H2,1H3. The van der Waals surface area contributed by atoms with Gasteiger partial charge in [0.2, 0.25) is 5.89 Å². The molecule has 5 heteroatoms. The molecule has 2 aliphatic rings. The van der Waals surface area contributed by atoms with Crippen molar-refractivity contribution in [3.8, 4) is 0 Å². The van der Waals surface area contributed by atoms with Crippen molar-refractivity contribution in [3.63, 3.8) is 0 Å². The smallest absolute Gasteiger partial charge is 0.240 e. The third kappa shape index (κ3) is 2.42. The molecule has 1 aromatic heterocycles. The summed E-state index contributed by atoms with van der Waals surface area (Å²) in [5.41, 5.74) is 0. The van der Waals surface area contributed by atoms with Crippen LogP contribution in [-0.4, -0.2) is 30.4 Å². The summed E-state index contributed by atoms with van der Waals surface area (Å²) in [6.45, 7) is 2.15. The van der Waals surface area contributed by atoms with E-state index in [0.717, 1.165) is 24.2 Å². The molecule has 3 unspecified atom stereocenters. The van der Waals surface area contributed by atoms with Gasteiger partial charge in [-0.25, -0.2) is 0 Å². The van der Waals surface area contributed by atoms with Crippen LogP contribution in [0.1, 0.15) is 43.3 Å². The summed E-state index contributed by atoms with van der Waals surface area (Å²) in [5, 5.41) is 7.38. The zero-order valence-corrected chi connectivity index (χ0v) is 10.9. The molecule has 2 aliphatic carbocycles. The van der Waals surface area contributed by atoms with E-state index in [1.165, 1.54) is 25.7 Å². The molecule has 100 valence electrons. The highest BCUT2D eigenvalue weighted by atomic mass is 16.5. The Kier molecular flexibility index (Phi) is 3.61. The van der Waals surface area contributed by atoms with Crippen molar-refractivity contribution in [1.82, 2.24) is 15.5 Å². The molecule has 0 amide bonds. The summed E-state index contributed by atoms with van der Waals surface area (Å²) in [4.78, 5) is 4.53. The Balaban J connectivity index is 1.53. The minimum Gasteiger partial charge on any atom is -0.383 e. The average Bonchev–Trinajstić information content (AvgIpc) is 3.09. The van der Waals surface area contributed by atoms with Crippen LogP contribution in [0.15, 0.2) is 4.52 Å². The van der Waals surface area contributed by atoms with E-state index in [2.05, 4.69) is 15.5 Å². The van der Waals surface area contributed by atoms with Crippen molar-refractivity contribution in [2.75, 3.05) is 20.3 Å². The van der Waals surface area contributed by atoms with E-state index in [-0.39, 0.29) is 0 Å². The SMILES string of the molecule is COCCNCc1nc(C2CC3CCC2C3)no1. The van der Waals surface area contributed by atoms with Crippen molar-refractivity contribution in [1.29, 1.82) is 0 Å². The van der Waals surface area contributed by atoms with Crippen molar-refractivity contribution in [2.45, 2.75) is 38.1 Å². The lowest BCUT2D eigenvalue weighted by atomic mass is 9.88. The normalized spacial score (nSPS) is 30.2. The predicted octanol–water partition coefficient (Wildman–Crippen LogP) is 1.71. The molecule has 0 saturated heterocycles. The second-order valence-corrected chi connectivity index (χ2v) is 5.50. The molecule has 0 spiro atoms. The van der Waals surface area contributed by atoms with Crippen molar-refractivity contribution in [3.05, 3.63) is 11.7 Å². The highest BCUT2D eigenvalue weighted by molar-refractivity contribution is 5.06. The molecule has 3 rings (SSSR count). The Labute approximate surface area is 107 Å². The van der Waals surface area contributed by atoms with Gasteiger partial charge in [-0.2, -0.15) is 4.98 Å². The number of methoxy groups -OCH3 is 1. The summed E-state index contributed by atoms with van der Waals surface area (Å²) in [5.74, 6) is 3.92. The van der Waals surface area contributed by atoms with Crippen molar-refractivity contribution < 1.29 is 9.26 Å². The molecule has 0 aromatic carbocycles. The third-order valence-corrected chi connectivity index (χ3v) is 4.31. The lowest BCUT2D eigenvalue weighted by molar-refractivity contribution is 0.197. The Morgan fingerprint density at radius 1 is 1.39 bits per heavy atom. The van der Waals surface area contributed by atoms with E-state index in [1.807, 2.05) is 0 Å². The second kappa shape index (κ2) is 5.36. The molecular formula is C13H21N3O2. The van der Waals surface area contributed by atoms with Crippen molar-refractivity contribution >= 4 is 0 Å². The number of rotatable bonds is 6. The molecular weight excluding hydrogens is 230 g/mol. The molecule has 3 atom stereocenters. The Morgan fingerprint density at radius 2 is 2.33 bits per heavy atom. The van der Waals surface area contributed by atoms with E-state index in [1.54, 1.807) is 7.11 Å². The summed E-state index contributed by atoms with van der Waals surface area (Å²) in [6.07, 6.45) is 5.40. The zero-order valence-electron chi connectivity index (χ0n) is 10.9. The first-order chi connectivity index (χ1) is 8.86. The lowest BCUT2D eigenvalue weighted by Crippen LogP contribution is -2.18. The Bertz CT molecular complexity index is 393. The fourth-order valence-electron chi connectivity index (χ4n) is 3.42. The molecule has 1 N–H and O–H groups in total. The molecule has 1 heterocycles. The van der Waals surface area contributed by atoms with Gasteiger partial charge in [-0.05, 0) is 31.1 Å². The van der Waals surface area contributed by atoms with Gasteiger partial charge in [-0.3, -0.25) is 0 Å².